The molecule has 0 unspecified atom stereocenters. The number of aryl methyl sites for hydroxylation is 2. The van der Waals surface area contributed by atoms with Gasteiger partial charge in [-0.25, -0.2) is 0 Å². The van der Waals surface area contributed by atoms with Gasteiger partial charge in [0.1, 0.15) is 11.5 Å². The molecule has 34 heavy (non-hydrogen) atoms. The number of furan rings is 1. The van der Waals surface area contributed by atoms with E-state index in [0.29, 0.717) is 27.1 Å². The second-order valence-corrected chi connectivity index (χ2v) is 9.07. The van der Waals surface area contributed by atoms with E-state index in [2.05, 4.69) is 6.07 Å². The Balaban J connectivity index is 1.55. The Kier molecular flexibility index (Phi) is 5.91. The van der Waals surface area contributed by atoms with Gasteiger partial charge in [0.05, 0.1) is 21.4 Å². The first kappa shape index (κ1) is 22.3. The molecule has 2 heterocycles. The van der Waals surface area contributed by atoms with Crippen molar-refractivity contribution in [2.45, 2.75) is 13.8 Å². The van der Waals surface area contributed by atoms with E-state index in [1.807, 2.05) is 80.6 Å². The van der Waals surface area contributed by atoms with Gasteiger partial charge in [-0.05, 0) is 73.5 Å². The zero-order chi connectivity index (χ0) is 23.8. The lowest BCUT2D eigenvalue weighted by Gasteiger charge is -2.23. The number of rotatable bonds is 4. The largest absolute Gasteiger partial charge is 0.457 e. The van der Waals surface area contributed by atoms with Crippen LogP contribution in [-0.2, 0) is 4.79 Å². The van der Waals surface area contributed by atoms with Gasteiger partial charge in [0.2, 0.25) is 0 Å². The first-order chi connectivity index (χ1) is 16.4. The average Bonchev–Trinajstić information content (AvgIpc) is 3.42. The van der Waals surface area contributed by atoms with Gasteiger partial charge in [-0.3, -0.25) is 9.69 Å². The molecule has 1 amide bonds. The fraction of sp³-hybridized carbons (Fsp3) is 0.0690. The summed E-state index contributed by atoms with van der Waals surface area (Å²) in [6.45, 7) is 4.07. The van der Waals surface area contributed by atoms with E-state index in [0.717, 1.165) is 33.6 Å². The zero-order valence-electron chi connectivity index (χ0n) is 18.7. The molecule has 0 N–H and O–H groups in total. The zero-order valence-corrected chi connectivity index (χ0v) is 20.2. The first-order valence-electron chi connectivity index (χ1n) is 10.9. The lowest BCUT2D eigenvalue weighted by Crippen LogP contribution is -2.25. The van der Waals surface area contributed by atoms with Gasteiger partial charge in [-0.15, -0.1) is 0 Å². The number of nitrogens with zero attached hydrogens (tertiary/aromatic N) is 1. The Morgan fingerprint density at radius 3 is 2.35 bits per heavy atom. The van der Waals surface area contributed by atoms with Gasteiger partial charge in [0, 0.05) is 11.1 Å². The Hall–Kier alpha value is -3.53. The van der Waals surface area contributed by atoms with E-state index < -0.39 is 0 Å². The van der Waals surface area contributed by atoms with Gasteiger partial charge in [0.25, 0.3) is 5.91 Å². The number of carbonyl (C=O) groups is 1. The Morgan fingerprint density at radius 2 is 1.62 bits per heavy atom. The maximum Gasteiger partial charge on any atom is 0.263 e. The molecule has 0 radical (unpaired) electrons. The fourth-order valence-corrected chi connectivity index (χ4v) is 4.42. The molecule has 3 nitrogen and oxygen atoms in total. The summed E-state index contributed by atoms with van der Waals surface area (Å²) < 4.78 is 6.02. The molecule has 1 aliphatic heterocycles. The van der Waals surface area contributed by atoms with Crippen molar-refractivity contribution in [3.8, 4) is 11.3 Å². The normalized spacial score (nSPS) is 14.7. The molecular weight excluding hydrogens is 465 g/mol. The number of amides is 1. The van der Waals surface area contributed by atoms with Crippen LogP contribution in [0.25, 0.3) is 23.1 Å². The third kappa shape index (κ3) is 4.21. The van der Waals surface area contributed by atoms with Crippen molar-refractivity contribution in [1.29, 1.82) is 0 Å². The van der Waals surface area contributed by atoms with Crippen LogP contribution < -0.4 is 4.90 Å². The third-order valence-electron chi connectivity index (χ3n) is 5.77. The van der Waals surface area contributed by atoms with Crippen LogP contribution in [-0.4, -0.2) is 5.91 Å². The first-order valence-corrected chi connectivity index (χ1v) is 11.6. The molecule has 0 saturated carbocycles. The summed E-state index contributed by atoms with van der Waals surface area (Å²) in [5.41, 5.74) is 6.22. The van der Waals surface area contributed by atoms with Crippen LogP contribution >= 0.6 is 23.2 Å². The van der Waals surface area contributed by atoms with Gasteiger partial charge in [-0.2, -0.15) is 0 Å². The van der Waals surface area contributed by atoms with Crippen LogP contribution in [0, 0.1) is 13.8 Å². The Labute approximate surface area is 208 Å². The molecule has 0 saturated heterocycles. The molecule has 4 aromatic rings. The lowest BCUT2D eigenvalue weighted by atomic mass is 10.1. The molecule has 1 aromatic heterocycles. The summed E-state index contributed by atoms with van der Waals surface area (Å²) in [4.78, 5) is 15.4. The van der Waals surface area contributed by atoms with Crippen molar-refractivity contribution in [3.63, 3.8) is 0 Å². The second kappa shape index (κ2) is 9.02. The predicted octanol–water partition coefficient (Wildman–Crippen LogP) is 8.34. The van der Waals surface area contributed by atoms with E-state index in [4.69, 9.17) is 27.6 Å². The molecule has 0 bridgehead atoms. The van der Waals surface area contributed by atoms with Crippen LogP contribution in [0.3, 0.4) is 0 Å². The van der Waals surface area contributed by atoms with Gasteiger partial charge in [-0.1, -0.05) is 71.2 Å². The smallest absolute Gasteiger partial charge is 0.263 e. The summed E-state index contributed by atoms with van der Waals surface area (Å²) in [6.07, 6.45) is 3.69. The third-order valence-corrected chi connectivity index (χ3v) is 6.51. The van der Waals surface area contributed by atoms with E-state index >= 15 is 0 Å². The van der Waals surface area contributed by atoms with Crippen LogP contribution in [0.1, 0.15) is 22.5 Å². The molecule has 168 valence electrons. The molecule has 5 rings (SSSR count). The highest BCUT2D eigenvalue weighted by molar-refractivity contribution is 6.42. The number of halogens is 2. The van der Waals surface area contributed by atoms with Crippen molar-refractivity contribution >= 4 is 46.6 Å². The maximum absolute atomic E-state index is 13.6. The van der Waals surface area contributed by atoms with Crippen molar-refractivity contribution in [1.82, 2.24) is 0 Å². The summed E-state index contributed by atoms with van der Waals surface area (Å²) in [6, 6.07) is 25.1. The van der Waals surface area contributed by atoms with Crippen LogP contribution in [0.15, 0.2) is 94.9 Å². The SMILES string of the molecule is Cc1ccc(N2C(=O)C(=Cc3ccc(-c4ccc(Cl)c(Cl)c4)o3)C=C2c2ccccc2)c(C)c1. The quantitative estimate of drug-likeness (QED) is 0.272. The summed E-state index contributed by atoms with van der Waals surface area (Å²) in [5.74, 6) is 1.13. The van der Waals surface area contributed by atoms with Crippen molar-refractivity contribution < 1.29 is 9.21 Å². The highest BCUT2D eigenvalue weighted by Gasteiger charge is 2.31. The van der Waals surface area contributed by atoms with Crippen LogP contribution in [0.5, 0.6) is 0 Å². The maximum atomic E-state index is 13.6. The van der Waals surface area contributed by atoms with E-state index in [-0.39, 0.29) is 5.91 Å². The lowest BCUT2D eigenvalue weighted by molar-refractivity contribution is -0.113. The van der Waals surface area contributed by atoms with Gasteiger partial charge in [0.15, 0.2) is 0 Å². The summed E-state index contributed by atoms with van der Waals surface area (Å²) in [7, 11) is 0. The molecule has 3 aromatic carbocycles. The monoisotopic (exact) mass is 485 g/mol. The number of hydrogen-bond donors (Lipinski definition) is 0. The number of carbonyl (C=O) groups excluding carboxylic acids is 1. The molecule has 0 atom stereocenters. The molecule has 0 aliphatic carbocycles. The van der Waals surface area contributed by atoms with Gasteiger partial charge < -0.3 is 4.42 Å². The minimum Gasteiger partial charge on any atom is -0.457 e. The topological polar surface area (TPSA) is 33.5 Å². The molecule has 5 heteroatoms. The van der Waals surface area contributed by atoms with Crippen LogP contribution in [0.4, 0.5) is 5.69 Å². The van der Waals surface area contributed by atoms with Crippen molar-refractivity contribution in [2.24, 2.45) is 0 Å². The van der Waals surface area contributed by atoms with Crippen molar-refractivity contribution in [2.75, 3.05) is 4.90 Å². The minimum atomic E-state index is -0.0988. The second-order valence-electron chi connectivity index (χ2n) is 8.26. The highest BCUT2D eigenvalue weighted by atomic mass is 35.5. The predicted molar refractivity (Wildman–Crippen MR) is 140 cm³/mol. The fourth-order valence-electron chi connectivity index (χ4n) is 4.12. The number of hydrogen-bond acceptors (Lipinski definition) is 2. The van der Waals surface area contributed by atoms with Crippen LogP contribution in [0.2, 0.25) is 10.0 Å². The van der Waals surface area contributed by atoms with E-state index in [1.54, 1.807) is 23.1 Å². The summed E-state index contributed by atoms with van der Waals surface area (Å²) >= 11 is 12.2. The van der Waals surface area contributed by atoms with Gasteiger partial charge >= 0.3 is 0 Å². The molecular formula is C29H21Cl2NO2. The number of benzene rings is 3. The van der Waals surface area contributed by atoms with E-state index in [9.17, 15) is 4.79 Å². The Morgan fingerprint density at radius 1 is 0.824 bits per heavy atom. The minimum absolute atomic E-state index is 0.0988. The highest BCUT2D eigenvalue weighted by Crippen LogP contribution is 2.37. The standard InChI is InChI=1S/C29H21Cl2NO2/c1-18-8-12-26(19(2)14-18)32-27(20-6-4-3-5-7-20)17-22(29(32)33)15-23-10-13-28(34-23)21-9-11-24(30)25(31)16-21/h3-17H,1-2H3. The molecule has 0 fully saturated rings. The average molecular weight is 486 g/mol. The number of anilines is 1. The molecule has 0 spiro atoms. The van der Waals surface area contributed by atoms with E-state index in [1.165, 1.54) is 0 Å². The van der Waals surface area contributed by atoms with Crippen molar-refractivity contribution in [3.05, 3.63) is 123 Å². The molecule has 1 aliphatic rings. The Bertz CT molecular complexity index is 1460. The summed E-state index contributed by atoms with van der Waals surface area (Å²) in [5, 5.41) is 0.946.